The van der Waals surface area contributed by atoms with Crippen LogP contribution >= 0.6 is 0 Å². The highest BCUT2D eigenvalue weighted by Crippen LogP contribution is 2.66. The van der Waals surface area contributed by atoms with E-state index < -0.39 is 0 Å². The van der Waals surface area contributed by atoms with Gasteiger partial charge in [0.1, 0.15) is 0 Å². The monoisotopic (exact) mass is 326 g/mol. The summed E-state index contributed by atoms with van der Waals surface area (Å²) in [4.78, 5) is 12.4. The van der Waals surface area contributed by atoms with E-state index in [-0.39, 0.29) is 11.3 Å². The summed E-state index contributed by atoms with van der Waals surface area (Å²) in [7, 11) is 0. The minimum Gasteiger partial charge on any atom is -0.295 e. The van der Waals surface area contributed by atoms with Gasteiger partial charge in [0.15, 0.2) is 5.78 Å². The molecule has 0 radical (unpaired) electrons. The number of fused-ring (bicyclic) bond motifs is 5. The third-order valence-electron chi connectivity index (χ3n) is 8.89. The lowest BCUT2D eigenvalue weighted by Crippen LogP contribution is -2.50. The molecule has 0 amide bonds. The van der Waals surface area contributed by atoms with Crippen LogP contribution in [0, 0.1) is 40.4 Å². The highest BCUT2D eigenvalue weighted by molar-refractivity contribution is 5.92. The summed E-state index contributed by atoms with van der Waals surface area (Å²) in [5.74, 6) is 3.85. The first-order chi connectivity index (χ1) is 11.4. The molecule has 7 atom stereocenters. The van der Waals surface area contributed by atoms with E-state index in [1.165, 1.54) is 44.9 Å². The molecule has 4 rings (SSSR count). The number of carbonyl (C=O) groups excluding carboxylic acids is 1. The summed E-state index contributed by atoms with van der Waals surface area (Å²) in [6, 6.07) is 0. The van der Waals surface area contributed by atoms with Crippen LogP contribution < -0.4 is 0 Å². The van der Waals surface area contributed by atoms with E-state index in [2.05, 4.69) is 33.4 Å². The quantitative estimate of drug-likeness (QED) is 0.452. The number of ketones is 1. The van der Waals surface area contributed by atoms with Crippen LogP contribution in [0.1, 0.15) is 72.1 Å². The first-order valence-corrected chi connectivity index (χ1v) is 10.3. The number of hydrogen-bond donors (Lipinski definition) is 0. The fourth-order valence-corrected chi connectivity index (χ4v) is 7.45. The van der Waals surface area contributed by atoms with Gasteiger partial charge < -0.3 is 0 Å². The van der Waals surface area contributed by atoms with Crippen LogP contribution in [0.2, 0.25) is 0 Å². The molecule has 0 aliphatic heterocycles. The van der Waals surface area contributed by atoms with E-state index in [9.17, 15) is 4.79 Å². The SMILES string of the molecule is C=CC(=O)[C@H]1CC[C@H]2[C@@H]3CC=C4C[C@@H](C)CC[C@]4(C)[C@H]3CC[C@]12C. The van der Waals surface area contributed by atoms with Crippen molar-refractivity contribution in [3.63, 3.8) is 0 Å². The summed E-state index contributed by atoms with van der Waals surface area (Å²) >= 11 is 0. The molecule has 132 valence electrons. The predicted molar refractivity (Wildman–Crippen MR) is 99.6 cm³/mol. The molecule has 0 heterocycles. The van der Waals surface area contributed by atoms with Crippen molar-refractivity contribution in [2.45, 2.75) is 72.1 Å². The molecule has 0 N–H and O–H groups in total. The third-order valence-corrected chi connectivity index (χ3v) is 8.89. The standard InChI is InChI=1S/C23H34O/c1-5-21(24)20-9-8-18-17-7-6-16-14-15(2)10-12-22(16,3)19(17)11-13-23(18,20)4/h5-6,15,17-20H,1,7-14H2,2-4H3/t15-,17-,18-,19-,20+,22-,23-/m0/s1. The molecule has 0 aromatic rings. The minimum atomic E-state index is 0.232. The van der Waals surface area contributed by atoms with Crippen molar-refractivity contribution in [3.05, 3.63) is 24.3 Å². The summed E-state index contributed by atoms with van der Waals surface area (Å²) in [6.07, 6.45) is 14.6. The van der Waals surface area contributed by atoms with Crippen molar-refractivity contribution in [2.75, 3.05) is 0 Å². The number of allylic oxidation sites excluding steroid dienone is 3. The van der Waals surface area contributed by atoms with Gasteiger partial charge in [-0.15, -0.1) is 0 Å². The summed E-state index contributed by atoms with van der Waals surface area (Å²) in [5, 5.41) is 0. The second kappa shape index (κ2) is 5.58. The van der Waals surface area contributed by atoms with Gasteiger partial charge in [0.05, 0.1) is 0 Å². The van der Waals surface area contributed by atoms with E-state index in [0.717, 1.165) is 30.1 Å². The molecular formula is C23H34O. The Balaban J connectivity index is 1.65. The van der Waals surface area contributed by atoms with Crippen molar-refractivity contribution < 1.29 is 4.79 Å². The first kappa shape index (κ1) is 16.6. The second-order valence-corrected chi connectivity index (χ2v) is 9.89. The zero-order valence-electron chi connectivity index (χ0n) is 15.8. The smallest absolute Gasteiger partial charge is 0.158 e. The molecule has 4 aliphatic carbocycles. The molecule has 0 saturated heterocycles. The van der Waals surface area contributed by atoms with Crippen LogP contribution in [-0.4, -0.2) is 5.78 Å². The summed E-state index contributed by atoms with van der Waals surface area (Å²) in [6.45, 7) is 11.2. The molecule has 3 saturated carbocycles. The minimum absolute atomic E-state index is 0.232. The molecule has 1 heteroatoms. The maximum Gasteiger partial charge on any atom is 0.158 e. The Hall–Kier alpha value is -0.850. The van der Waals surface area contributed by atoms with E-state index in [1.807, 2.05) is 0 Å². The first-order valence-electron chi connectivity index (χ1n) is 10.3. The van der Waals surface area contributed by atoms with Gasteiger partial charge in [-0.3, -0.25) is 4.79 Å². The molecule has 0 spiro atoms. The van der Waals surface area contributed by atoms with Crippen molar-refractivity contribution in [3.8, 4) is 0 Å². The normalized spacial score (nSPS) is 50.3. The molecule has 3 fully saturated rings. The van der Waals surface area contributed by atoms with Gasteiger partial charge in [-0.1, -0.05) is 39.0 Å². The Labute approximate surface area is 148 Å². The Kier molecular flexibility index (Phi) is 3.86. The summed E-state index contributed by atoms with van der Waals surface area (Å²) < 4.78 is 0. The summed E-state index contributed by atoms with van der Waals surface area (Å²) in [5.41, 5.74) is 2.47. The molecule has 0 aromatic heterocycles. The van der Waals surface area contributed by atoms with Gasteiger partial charge in [0, 0.05) is 5.92 Å². The van der Waals surface area contributed by atoms with Crippen LogP contribution in [0.15, 0.2) is 24.3 Å². The van der Waals surface area contributed by atoms with E-state index >= 15 is 0 Å². The van der Waals surface area contributed by atoms with E-state index in [0.29, 0.717) is 11.2 Å². The Morgan fingerprint density at radius 3 is 2.71 bits per heavy atom. The fourth-order valence-electron chi connectivity index (χ4n) is 7.45. The maximum atomic E-state index is 12.4. The van der Waals surface area contributed by atoms with Crippen molar-refractivity contribution in [1.29, 1.82) is 0 Å². The van der Waals surface area contributed by atoms with Crippen LogP contribution in [-0.2, 0) is 4.79 Å². The Morgan fingerprint density at radius 1 is 1.17 bits per heavy atom. The lowest BCUT2D eigenvalue weighted by atomic mass is 9.47. The predicted octanol–water partition coefficient (Wildman–Crippen LogP) is 5.96. The zero-order valence-corrected chi connectivity index (χ0v) is 15.8. The van der Waals surface area contributed by atoms with E-state index in [4.69, 9.17) is 0 Å². The van der Waals surface area contributed by atoms with Gasteiger partial charge in [-0.05, 0) is 91.9 Å². The third kappa shape index (κ3) is 2.15. The average molecular weight is 327 g/mol. The zero-order chi connectivity index (χ0) is 17.1. The number of rotatable bonds is 2. The van der Waals surface area contributed by atoms with Gasteiger partial charge in [0.25, 0.3) is 0 Å². The van der Waals surface area contributed by atoms with Gasteiger partial charge in [-0.2, -0.15) is 0 Å². The van der Waals surface area contributed by atoms with Crippen molar-refractivity contribution in [2.24, 2.45) is 40.4 Å². The number of carbonyl (C=O) groups is 1. The molecular weight excluding hydrogens is 292 g/mol. The average Bonchev–Trinajstić information content (AvgIpc) is 2.92. The Morgan fingerprint density at radius 2 is 1.96 bits per heavy atom. The lowest BCUT2D eigenvalue weighted by molar-refractivity contribution is -0.124. The molecule has 4 aliphatic rings. The van der Waals surface area contributed by atoms with Crippen LogP contribution in [0.3, 0.4) is 0 Å². The highest BCUT2D eigenvalue weighted by Gasteiger charge is 2.59. The van der Waals surface area contributed by atoms with Crippen molar-refractivity contribution in [1.82, 2.24) is 0 Å². The maximum absolute atomic E-state index is 12.4. The van der Waals surface area contributed by atoms with E-state index in [1.54, 1.807) is 11.6 Å². The van der Waals surface area contributed by atoms with Gasteiger partial charge in [0.2, 0.25) is 0 Å². The Bertz CT molecular complexity index is 587. The largest absolute Gasteiger partial charge is 0.295 e. The molecule has 1 nitrogen and oxygen atoms in total. The molecule has 0 unspecified atom stereocenters. The highest BCUT2D eigenvalue weighted by atomic mass is 16.1. The molecule has 0 bridgehead atoms. The molecule has 24 heavy (non-hydrogen) atoms. The van der Waals surface area contributed by atoms with Crippen molar-refractivity contribution >= 4 is 5.78 Å². The van der Waals surface area contributed by atoms with Gasteiger partial charge >= 0.3 is 0 Å². The lowest BCUT2D eigenvalue weighted by Gasteiger charge is -2.58. The number of hydrogen-bond acceptors (Lipinski definition) is 1. The van der Waals surface area contributed by atoms with Crippen LogP contribution in [0.25, 0.3) is 0 Å². The molecule has 0 aromatic carbocycles. The second-order valence-electron chi connectivity index (χ2n) is 9.89. The van der Waals surface area contributed by atoms with Crippen LogP contribution in [0.4, 0.5) is 0 Å². The van der Waals surface area contributed by atoms with Crippen LogP contribution in [0.5, 0.6) is 0 Å². The topological polar surface area (TPSA) is 17.1 Å². The van der Waals surface area contributed by atoms with Gasteiger partial charge in [-0.25, -0.2) is 0 Å². The fraction of sp³-hybridized carbons (Fsp3) is 0.783.